The Balaban J connectivity index is 1.54. The summed E-state index contributed by atoms with van der Waals surface area (Å²) in [6.07, 6.45) is 0. The van der Waals surface area contributed by atoms with Crippen molar-refractivity contribution in [3.63, 3.8) is 0 Å². The summed E-state index contributed by atoms with van der Waals surface area (Å²) in [5.41, 5.74) is 3.87. The molecule has 4 aromatic rings. The zero-order valence-corrected chi connectivity index (χ0v) is 17.2. The molecule has 0 bridgehead atoms. The molecular formula is C26H23NO3. The second kappa shape index (κ2) is 7.64. The van der Waals surface area contributed by atoms with Crippen molar-refractivity contribution in [3.05, 3.63) is 100 Å². The quantitative estimate of drug-likeness (QED) is 0.431. The van der Waals surface area contributed by atoms with Crippen LogP contribution in [0.5, 0.6) is 0 Å². The number of rotatable bonds is 3. The molecule has 0 spiro atoms. The van der Waals surface area contributed by atoms with E-state index in [0.717, 1.165) is 11.1 Å². The minimum atomic E-state index is -0.398. The summed E-state index contributed by atoms with van der Waals surface area (Å²) in [6, 6.07) is 24.0. The maximum Gasteiger partial charge on any atom is 0.344 e. The Kier molecular flexibility index (Phi) is 5.00. The van der Waals surface area contributed by atoms with E-state index in [1.54, 1.807) is 30.3 Å². The van der Waals surface area contributed by atoms with Gasteiger partial charge in [-0.3, -0.25) is 4.79 Å². The first-order valence-corrected chi connectivity index (χ1v) is 9.86. The largest absolute Gasteiger partial charge is 0.422 e. The van der Waals surface area contributed by atoms with Crippen molar-refractivity contribution in [2.75, 3.05) is 5.32 Å². The Morgan fingerprint density at radius 1 is 0.867 bits per heavy atom. The summed E-state index contributed by atoms with van der Waals surface area (Å²) >= 11 is 0. The molecule has 4 nitrogen and oxygen atoms in total. The number of para-hydroxylation sites is 1. The van der Waals surface area contributed by atoms with Gasteiger partial charge in [-0.2, -0.15) is 0 Å². The van der Waals surface area contributed by atoms with E-state index in [1.807, 2.05) is 48.5 Å². The van der Waals surface area contributed by atoms with Crippen LogP contribution in [0.1, 0.15) is 36.7 Å². The van der Waals surface area contributed by atoms with E-state index in [0.29, 0.717) is 22.3 Å². The van der Waals surface area contributed by atoms with Crippen molar-refractivity contribution in [2.45, 2.75) is 26.2 Å². The van der Waals surface area contributed by atoms with Crippen LogP contribution in [0.2, 0.25) is 0 Å². The summed E-state index contributed by atoms with van der Waals surface area (Å²) in [4.78, 5) is 24.9. The number of fused-ring (bicyclic) bond motifs is 1. The van der Waals surface area contributed by atoms with Crippen molar-refractivity contribution in [1.29, 1.82) is 0 Å². The van der Waals surface area contributed by atoms with Crippen LogP contribution < -0.4 is 10.9 Å². The van der Waals surface area contributed by atoms with Gasteiger partial charge in [-0.05, 0) is 52.9 Å². The molecule has 1 aromatic heterocycles. The summed E-state index contributed by atoms with van der Waals surface area (Å²) in [6.45, 7) is 6.45. The lowest BCUT2D eigenvalue weighted by molar-refractivity contribution is 0.102. The number of amides is 1. The first kappa shape index (κ1) is 19.6. The van der Waals surface area contributed by atoms with Crippen molar-refractivity contribution >= 4 is 22.6 Å². The maximum absolute atomic E-state index is 12.6. The SMILES string of the molecule is CC(C)(C)c1ccc(NC(=O)c2ccc(-c3cc4ccccc4oc3=O)cc2)cc1. The van der Waals surface area contributed by atoms with Crippen molar-refractivity contribution in [2.24, 2.45) is 0 Å². The standard InChI is InChI=1S/C26H23NO3/c1-26(2,3)20-12-14-21(15-13-20)27-24(28)18-10-8-17(9-11-18)22-16-19-6-4-5-7-23(19)30-25(22)29/h4-16H,1-3H3,(H,27,28). The van der Waals surface area contributed by atoms with E-state index in [-0.39, 0.29) is 11.3 Å². The highest BCUT2D eigenvalue weighted by Crippen LogP contribution is 2.24. The fourth-order valence-corrected chi connectivity index (χ4v) is 3.32. The first-order valence-electron chi connectivity index (χ1n) is 9.86. The zero-order valence-electron chi connectivity index (χ0n) is 17.2. The number of hydrogen-bond donors (Lipinski definition) is 1. The molecular weight excluding hydrogens is 374 g/mol. The fourth-order valence-electron chi connectivity index (χ4n) is 3.32. The highest BCUT2D eigenvalue weighted by molar-refractivity contribution is 6.04. The topological polar surface area (TPSA) is 59.3 Å². The lowest BCUT2D eigenvalue weighted by Crippen LogP contribution is -2.13. The second-order valence-electron chi connectivity index (χ2n) is 8.34. The van der Waals surface area contributed by atoms with Gasteiger partial charge in [0.15, 0.2) is 0 Å². The molecule has 0 unspecified atom stereocenters. The molecule has 4 heteroatoms. The maximum atomic E-state index is 12.6. The highest BCUT2D eigenvalue weighted by atomic mass is 16.4. The van der Waals surface area contributed by atoms with E-state index < -0.39 is 5.63 Å². The molecule has 0 radical (unpaired) electrons. The van der Waals surface area contributed by atoms with Crippen LogP contribution in [0.4, 0.5) is 5.69 Å². The Morgan fingerprint density at radius 3 is 2.20 bits per heavy atom. The van der Waals surface area contributed by atoms with Gasteiger partial charge in [-0.25, -0.2) is 4.79 Å². The normalized spacial score (nSPS) is 11.4. The van der Waals surface area contributed by atoms with Crippen molar-refractivity contribution < 1.29 is 9.21 Å². The highest BCUT2D eigenvalue weighted by Gasteiger charge is 2.14. The van der Waals surface area contributed by atoms with Gasteiger partial charge in [-0.15, -0.1) is 0 Å². The minimum absolute atomic E-state index is 0.0633. The number of hydrogen-bond acceptors (Lipinski definition) is 3. The molecule has 0 atom stereocenters. The lowest BCUT2D eigenvalue weighted by atomic mass is 9.87. The molecule has 150 valence electrons. The van der Waals surface area contributed by atoms with Crippen LogP contribution in [0.25, 0.3) is 22.1 Å². The van der Waals surface area contributed by atoms with Gasteiger partial charge in [0.05, 0.1) is 5.56 Å². The predicted octanol–water partition coefficient (Wildman–Crippen LogP) is 6.01. The third-order valence-electron chi connectivity index (χ3n) is 5.11. The van der Waals surface area contributed by atoms with Gasteiger partial charge < -0.3 is 9.73 Å². The predicted molar refractivity (Wildman–Crippen MR) is 121 cm³/mol. The summed E-state index contributed by atoms with van der Waals surface area (Å²) in [5, 5.41) is 3.77. The lowest BCUT2D eigenvalue weighted by Gasteiger charge is -2.19. The van der Waals surface area contributed by atoms with Gasteiger partial charge in [-0.1, -0.05) is 63.2 Å². The van der Waals surface area contributed by atoms with Crippen LogP contribution in [0, 0.1) is 0 Å². The smallest absolute Gasteiger partial charge is 0.344 e. The summed E-state index contributed by atoms with van der Waals surface area (Å²) in [5.74, 6) is -0.199. The molecule has 4 rings (SSSR count). The number of nitrogens with one attached hydrogen (secondary N) is 1. The van der Waals surface area contributed by atoms with Gasteiger partial charge >= 0.3 is 5.63 Å². The molecule has 0 aliphatic carbocycles. The van der Waals surface area contributed by atoms with Crippen molar-refractivity contribution in [1.82, 2.24) is 0 Å². The summed E-state index contributed by atoms with van der Waals surface area (Å²) in [7, 11) is 0. The van der Waals surface area contributed by atoms with Crippen LogP contribution in [0.3, 0.4) is 0 Å². The molecule has 1 heterocycles. The molecule has 0 fully saturated rings. The Bertz CT molecular complexity index is 1260. The molecule has 1 N–H and O–H groups in total. The molecule has 3 aromatic carbocycles. The molecule has 0 aliphatic rings. The van der Waals surface area contributed by atoms with Gasteiger partial charge in [0.1, 0.15) is 5.58 Å². The van der Waals surface area contributed by atoms with Crippen LogP contribution in [0.15, 0.2) is 88.1 Å². The van der Waals surface area contributed by atoms with Crippen LogP contribution >= 0.6 is 0 Å². The molecule has 30 heavy (non-hydrogen) atoms. The second-order valence-corrected chi connectivity index (χ2v) is 8.34. The number of benzene rings is 3. The average Bonchev–Trinajstić information content (AvgIpc) is 2.73. The van der Waals surface area contributed by atoms with E-state index in [1.165, 1.54) is 5.56 Å². The molecule has 0 saturated carbocycles. The van der Waals surface area contributed by atoms with E-state index >= 15 is 0 Å². The average molecular weight is 397 g/mol. The first-order chi connectivity index (χ1) is 14.3. The number of carbonyl (C=O) groups excluding carboxylic acids is 1. The summed E-state index contributed by atoms with van der Waals surface area (Å²) < 4.78 is 5.40. The van der Waals surface area contributed by atoms with Gasteiger partial charge in [0.25, 0.3) is 5.91 Å². The van der Waals surface area contributed by atoms with Crippen molar-refractivity contribution in [3.8, 4) is 11.1 Å². The zero-order chi connectivity index (χ0) is 21.3. The Hall–Kier alpha value is -3.66. The Morgan fingerprint density at radius 2 is 1.53 bits per heavy atom. The number of carbonyl (C=O) groups is 1. The monoisotopic (exact) mass is 397 g/mol. The van der Waals surface area contributed by atoms with Crippen LogP contribution in [-0.2, 0) is 5.41 Å². The number of anilines is 1. The molecule has 1 amide bonds. The third-order valence-corrected chi connectivity index (χ3v) is 5.11. The minimum Gasteiger partial charge on any atom is -0.422 e. The molecule has 0 saturated heterocycles. The van der Waals surface area contributed by atoms with Gasteiger partial charge in [0, 0.05) is 16.6 Å². The van der Waals surface area contributed by atoms with E-state index in [2.05, 4.69) is 26.1 Å². The van der Waals surface area contributed by atoms with E-state index in [9.17, 15) is 9.59 Å². The van der Waals surface area contributed by atoms with E-state index in [4.69, 9.17) is 4.42 Å². The third kappa shape index (κ3) is 4.03. The van der Waals surface area contributed by atoms with Gasteiger partial charge in [0.2, 0.25) is 0 Å². The van der Waals surface area contributed by atoms with Crippen LogP contribution in [-0.4, -0.2) is 5.91 Å². The fraction of sp³-hybridized carbons (Fsp3) is 0.154. The molecule has 0 aliphatic heterocycles. The Labute approximate surface area is 175 Å².